The summed E-state index contributed by atoms with van der Waals surface area (Å²) in [6.45, 7) is 1.40. The molecule has 2 rings (SSSR count). The zero-order valence-corrected chi connectivity index (χ0v) is 10.6. The molecule has 0 radical (unpaired) electrons. The number of nitrogens with zero attached hydrogens (tertiary/aromatic N) is 1. The van der Waals surface area contributed by atoms with Crippen molar-refractivity contribution in [3.8, 4) is 0 Å². The van der Waals surface area contributed by atoms with E-state index in [4.69, 9.17) is 17.3 Å². The minimum absolute atomic E-state index is 0.565. The first-order chi connectivity index (χ1) is 8.11. The summed E-state index contributed by atoms with van der Waals surface area (Å²) in [7, 11) is 1.82. The molecular formula is C12H17ClFN3. The van der Waals surface area contributed by atoms with Crippen molar-refractivity contribution in [2.24, 2.45) is 0 Å². The lowest BCUT2D eigenvalue weighted by Crippen LogP contribution is -2.34. The highest BCUT2D eigenvalue weighted by Gasteiger charge is 2.20. The number of benzene rings is 1. The van der Waals surface area contributed by atoms with E-state index in [0.717, 1.165) is 11.4 Å². The number of hydrogen-bond donors (Lipinski definition) is 2. The number of nitrogen functional groups attached to an aromatic ring is 1. The van der Waals surface area contributed by atoms with Gasteiger partial charge in [-0.2, -0.15) is 0 Å². The maximum Gasteiger partial charge on any atom is 0.103 e. The summed E-state index contributed by atoms with van der Waals surface area (Å²) in [4.78, 5) is 2.11. The molecule has 1 saturated heterocycles. The van der Waals surface area contributed by atoms with Crippen molar-refractivity contribution >= 4 is 28.7 Å². The predicted octanol–water partition coefficient (Wildman–Crippen LogP) is 2.90. The fraction of sp³-hybridized carbons (Fsp3) is 0.500. The maximum atomic E-state index is 13.1. The summed E-state index contributed by atoms with van der Waals surface area (Å²) >= 11 is 6.18. The van der Waals surface area contributed by atoms with Gasteiger partial charge >= 0.3 is 0 Å². The van der Waals surface area contributed by atoms with Crippen LogP contribution in [0.4, 0.5) is 21.5 Å². The second kappa shape index (κ2) is 5.00. The molecule has 1 aliphatic rings. The molecule has 1 aromatic rings. The third-order valence-corrected chi connectivity index (χ3v) is 3.46. The number of hydrogen-bond acceptors (Lipinski definition) is 3. The van der Waals surface area contributed by atoms with Crippen molar-refractivity contribution in [1.82, 2.24) is 0 Å². The van der Waals surface area contributed by atoms with Gasteiger partial charge in [0.1, 0.15) is 6.17 Å². The molecule has 1 aromatic carbocycles. The molecule has 0 aromatic heterocycles. The number of anilines is 3. The van der Waals surface area contributed by atoms with Gasteiger partial charge in [-0.25, -0.2) is 4.39 Å². The lowest BCUT2D eigenvalue weighted by molar-refractivity contribution is 0.277. The van der Waals surface area contributed by atoms with E-state index < -0.39 is 6.17 Å². The zero-order valence-electron chi connectivity index (χ0n) is 9.84. The topological polar surface area (TPSA) is 41.3 Å². The van der Waals surface area contributed by atoms with Gasteiger partial charge in [0.15, 0.2) is 0 Å². The number of nitrogens with one attached hydrogen (secondary N) is 1. The normalized spacial score (nSPS) is 17.2. The molecule has 0 atom stereocenters. The molecule has 1 aliphatic heterocycles. The molecular weight excluding hydrogens is 241 g/mol. The van der Waals surface area contributed by atoms with Crippen LogP contribution in [-0.4, -0.2) is 26.3 Å². The Hall–Kier alpha value is -1.16. The average molecular weight is 258 g/mol. The van der Waals surface area contributed by atoms with Crippen LogP contribution in [-0.2, 0) is 0 Å². The number of piperidine rings is 1. The Balaban J connectivity index is 2.25. The lowest BCUT2D eigenvalue weighted by atomic mass is 10.1. The van der Waals surface area contributed by atoms with E-state index in [0.29, 0.717) is 36.6 Å². The fourth-order valence-corrected chi connectivity index (χ4v) is 2.42. The molecule has 1 fully saturated rings. The van der Waals surface area contributed by atoms with Crippen molar-refractivity contribution in [1.29, 1.82) is 0 Å². The van der Waals surface area contributed by atoms with E-state index in [9.17, 15) is 4.39 Å². The summed E-state index contributed by atoms with van der Waals surface area (Å²) in [5, 5.41) is 3.65. The van der Waals surface area contributed by atoms with Gasteiger partial charge in [-0.15, -0.1) is 0 Å². The van der Waals surface area contributed by atoms with E-state index in [1.165, 1.54) is 0 Å². The monoisotopic (exact) mass is 257 g/mol. The van der Waals surface area contributed by atoms with Crippen molar-refractivity contribution in [3.05, 3.63) is 17.2 Å². The van der Waals surface area contributed by atoms with Crippen molar-refractivity contribution in [2.75, 3.05) is 36.1 Å². The Morgan fingerprint density at radius 2 is 2.06 bits per heavy atom. The van der Waals surface area contributed by atoms with Gasteiger partial charge in [0.2, 0.25) is 0 Å². The predicted molar refractivity (Wildman–Crippen MR) is 71.8 cm³/mol. The van der Waals surface area contributed by atoms with Crippen LogP contribution in [0.25, 0.3) is 0 Å². The second-order valence-electron chi connectivity index (χ2n) is 4.30. The molecule has 17 heavy (non-hydrogen) atoms. The summed E-state index contributed by atoms with van der Waals surface area (Å²) < 4.78 is 13.1. The molecule has 3 N–H and O–H groups in total. The molecule has 0 aliphatic carbocycles. The van der Waals surface area contributed by atoms with Gasteiger partial charge in [0.05, 0.1) is 22.1 Å². The minimum atomic E-state index is -0.678. The maximum absolute atomic E-state index is 13.1. The highest BCUT2D eigenvalue weighted by molar-refractivity contribution is 6.33. The van der Waals surface area contributed by atoms with Crippen molar-refractivity contribution in [2.45, 2.75) is 19.0 Å². The van der Waals surface area contributed by atoms with E-state index in [-0.39, 0.29) is 0 Å². The smallest absolute Gasteiger partial charge is 0.103 e. The number of rotatable bonds is 2. The van der Waals surface area contributed by atoms with E-state index in [1.807, 2.05) is 13.1 Å². The highest BCUT2D eigenvalue weighted by atomic mass is 35.5. The quantitative estimate of drug-likeness (QED) is 0.801. The Kier molecular flexibility index (Phi) is 3.62. The molecule has 0 unspecified atom stereocenters. The standard InChI is InChI=1S/C12H17ClFN3/c1-16-11-7-12(9(13)6-10(11)15)17-4-2-8(14)3-5-17/h6-8,16H,2-5,15H2,1H3. The van der Waals surface area contributed by atoms with Gasteiger partial charge in [0.25, 0.3) is 0 Å². The average Bonchev–Trinajstić information content (AvgIpc) is 2.31. The first-order valence-electron chi connectivity index (χ1n) is 5.77. The molecule has 0 saturated carbocycles. The third-order valence-electron chi connectivity index (χ3n) is 3.15. The fourth-order valence-electron chi connectivity index (χ4n) is 2.12. The Morgan fingerprint density at radius 1 is 1.41 bits per heavy atom. The van der Waals surface area contributed by atoms with Crippen LogP contribution in [0.2, 0.25) is 5.02 Å². The van der Waals surface area contributed by atoms with E-state index in [1.54, 1.807) is 6.07 Å². The second-order valence-corrected chi connectivity index (χ2v) is 4.71. The molecule has 0 bridgehead atoms. The van der Waals surface area contributed by atoms with Crippen LogP contribution >= 0.6 is 11.6 Å². The van der Waals surface area contributed by atoms with E-state index >= 15 is 0 Å². The molecule has 5 heteroatoms. The minimum Gasteiger partial charge on any atom is -0.397 e. The summed E-state index contributed by atoms with van der Waals surface area (Å²) in [6.07, 6.45) is 0.452. The molecule has 0 amide bonds. The van der Waals surface area contributed by atoms with Crippen LogP contribution in [0.15, 0.2) is 12.1 Å². The van der Waals surface area contributed by atoms with Gasteiger partial charge < -0.3 is 16.0 Å². The Labute approximate surface area is 106 Å². The van der Waals surface area contributed by atoms with Crippen LogP contribution < -0.4 is 16.0 Å². The summed E-state index contributed by atoms with van der Waals surface area (Å²) in [6, 6.07) is 3.67. The van der Waals surface area contributed by atoms with Gasteiger partial charge in [-0.3, -0.25) is 0 Å². The van der Waals surface area contributed by atoms with Gasteiger partial charge in [0, 0.05) is 20.1 Å². The van der Waals surface area contributed by atoms with Crippen LogP contribution in [0.3, 0.4) is 0 Å². The first-order valence-corrected chi connectivity index (χ1v) is 6.15. The zero-order chi connectivity index (χ0) is 12.4. The third kappa shape index (κ3) is 2.57. The van der Waals surface area contributed by atoms with Crippen molar-refractivity contribution < 1.29 is 4.39 Å². The summed E-state index contributed by atoms with van der Waals surface area (Å²) in [5.74, 6) is 0. The van der Waals surface area contributed by atoms with Gasteiger partial charge in [-0.1, -0.05) is 11.6 Å². The number of alkyl halides is 1. The Bertz CT molecular complexity index is 403. The van der Waals surface area contributed by atoms with Crippen LogP contribution in [0.1, 0.15) is 12.8 Å². The number of nitrogens with two attached hydrogens (primary N) is 1. The molecule has 3 nitrogen and oxygen atoms in total. The lowest BCUT2D eigenvalue weighted by Gasteiger charge is -2.31. The molecule has 94 valence electrons. The largest absolute Gasteiger partial charge is 0.397 e. The van der Waals surface area contributed by atoms with Crippen LogP contribution in [0.5, 0.6) is 0 Å². The Morgan fingerprint density at radius 3 is 2.65 bits per heavy atom. The SMILES string of the molecule is CNc1cc(N2CCC(F)CC2)c(Cl)cc1N. The van der Waals surface area contributed by atoms with E-state index in [2.05, 4.69) is 10.2 Å². The van der Waals surface area contributed by atoms with Gasteiger partial charge in [-0.05, 0) is 25.0 Å². The van der Waals surface area contributed by atoms with Crippen molar-refractivity contribution in [3.63, 3.8) is 0 Å². The number of halogens is 2. The summed E-state index contributed by atoms with van der Waals surface area (Å²) in [5.41, 5.74) is 8.23. The highest BCUT2D eigenvalue weighted by Crippen LogP contribution is 2.35. The molecule has 0 spiro atoms. The first kappa shape index (κ1) is 12.3. The van der Waals surface area contributed by atoms with Crippen LogP contribution in [0, 0.1) is 0 Å². The molecule has 1 heterocycles.